The minimum Gasteiger partial charge on any atom is -0.477 e. The highest BCUT2D eigenvalue weighted by Gasteiger charge is 2.16. The number of carbonyl (C=O) groups is 1. The summed E-state index contributed by atoms with van der Waals surface area (Å²) < 4.78 is 5.16. The molecular weight excluding hydrogens is 258 g/mol. The molecule has 1 aromatic carbocycles. The number of nitrogens with zero attached hydrogens (tertiary/aromatic N) is 3. The van der Waals surface area contributed by atoms with Gasteiger partial charge in [0.05, 0.1) is 0 Å². The van der Waals surface area contributed by atoms with Gasteiger partial charge < -0.3 is 14.4 Å². The van der Waals surface area contributed by atoms with Crippen molar-refractivity contribution >= 4 is 23.3 Å². The Hall–Kier alpha value is -2.63. The molecule has 0 amide bonds. The highest BCUT2D eigenvalue weighted by atomic mass is 16.4. The zero-order valence-corrected chi connectivity index (χ0v) is 11.5. The second-order valence-electron chi connectivity index (χ2n) is 4.48. The van der Waals surface area contributed by atoms with E-state index >= 15 is 0 Å². The molecule has 0 atom stereocenters. The Morgan fingerprint density at radius 2 is 1.90 bits per heavy atom. The van der Waals surface area contributed by atoms with Gasteiger partial charge in [0.15, 0.2) is 0 Å². The van der Waals surface area contributed by atoms with E-state index in [1.807, 2.05) is 43.3 Å². The lowest BCUT2D eigenvalue weighted by molar-refractivity contribution is -0.130. The van der Waals surface area contributed by atoms with Crippen molar-refractivity contribution in [2.45, 2.75) is 6.92 Å². The first-order valence-corrected chi connectivity index (χ1v) is 6.00. The monoisotopic (exact) mass is 273 g/mol. The van der Waals surface area contributed by atoms with Gasteiger partial charge in [-0.3, -0.25) is 0 Å². The molecule has 0 radical (unpaired) electrons. The summed E-state index contributed by atoms with van der Waals surface area (Å²) in [5, 5.41) is 16.6. The summed E-state index contributed by atoms with van der Waals surface area (Å²) in [5.74, 6) is -0.771. The highest BCUT2D eigenvalue weighted by Crippen LogP contribution is 2.19. The average Bonchev–Trinajstić information content (AvgIpc) is 2.82. The van der Waals surface area contributed by atoms with Crippen LogP contribution in [0.2, 0.25) is 0 Å². The SMILES string of the molecule is Cc1nnc(/C(=C/c2ccc(N(C)C)cc2)C(=O)O)o1. The smallest absolute Gasteiger partial charge is 0.341 e. The number of carboxylic acids is 1. The molecular formula is C14H15N3O3. The van der Waals surface area contributed by atoms with Gasteiger partial charge in [0, 0.05) is 26.7 Å². The number of aryl methyl sites for hydroxylation is 1. The first kappa shape index (κ1) is 13.8. The van der Waals surface area contributed by atoms with Gasteiger partial charge in [0.1, 0.15) is 5.57 Å². The van der Waals surface area contributed by atoms with Crippen molar-refractivity contribution in [3.05, 3.63) is 41.6 Å². The lowest BCUT2D eigenvalue weighted by atomic mass is 10.1. The van der Waals surface area contributed by atoms with Crippen LogP contribution in [0.15, 0.2) is 28.7 Å². The maximum Gasteiger partial charge on any atom is 0.341 e. The normalized spacial score (nSPS) is 11.4. The molecule has 0 saturated carbocycles. The van der Waals surface area contributed by atoms with E-state index in [-0.39, 0.29) is 11.5 Å². The van der Waals surface area contributed by atoms with Crippen LogP contribution in [0.25, 0.3) is 11.6 Å². The molecule has 0 aliphatic rings. The standard InChI is InChI=1S/C14H15N3O3/c1-9-15-16-13(20-9)12(14(18)19)8-10-4-6-11(7-5-10)17(2)3/h4-8H,1-3H3,(H,18,19)/b12-8-. The van der Waals surface area contributed by atoms with E-state index in [1.54, 1.807) is 6.92 Å². The summed E-state index contributed by atoms with van der Waals surface area (Å²) in [6, 6.07) is 7.48. The molecule has 0 fully saturated rings. The predicted molar refractivity (Wildman–Crippen MR) is 75.3 cm³/mol. The van der Waals surface area contributed by atoms with Crippen LogP contribution in [-0.2, 0) is 4.79 Å². The summed E-state index contributed by atoms with van der Waals surface area (Å²) in [6.07, 6.45) is 1.51. The molecule has 2 rings (SSSR count). The highest BCUT2D eigenvalue weighted by molar-refractivity contribution is 6.19. The first-order valence-electron chi connectivity index (χ1n) is 6.00. The van der Waals surface area contributed by atoms with Crippen LogP contribution < -0.4 is 4.90 Å². The number of benzene rings is 1. The van der Waals surface area contributed by atoms with Gasteiger partial charge in [-0.15, -0.1) is 10.2 Å². The Morgan fingerprint density at radius 1 is 1.25 bits per heavy atom. The summed E-state index contributed by atoms with van der Waals surface area (Å²) in [6.45, 7) is 1.61. The third-order valence-corrected chi connectivity index (χ3v) is 2.71. The van der Waals surface area contributed by atoms with E-state index in [1.165, 1.54) is 6.08 Å². The Balaban J connectivity index is 2.36. The maximum atomic E-state index is 11.3. The average molecular weight is 273 g/mol. The molecule has 20 heavy (non-hydrogen) atoms. The fourth-order valence-corrected chi connectivity index (χ4v) is 1.66. The quantitative estimate of drug-likeness (QED) is 0.859. The molecule has 6 nitrogen and oxygen atoms in total. The lowest BCUT2D eigenvalue weighted by Crippen LogP contribution is -2.08. The molecule has 1 N–H and O–H groups in total. The van der Waals surface area contributed by atoms with Crippen LogP contribution in [0.4, 0.5) is 5.69 Å². The van der Waals surface area contributed by atoms with Crippen molar-refractivity contribution in [1.29, 1.82) is 0 Å². The Kier molecular flexibility index (Phi) is 3.84. The molecule has 104 valence electrons. The van der Waals surface area contributed by atoms with Crippen molar-refractivity contribution < 1.29 is 14.3 Å². The second kappa shape index (κ2) is 5.56. The van der Waals surface area contributed by atoms with E-state index in [4.69, 9.17) is 4.42 Å². The van der Waals surface area contributed by atoms with Gasteiger partial charge in [-0.05, 0) is 23.8 Å². The van der Waals surface area contributed by atoms with E-state index in [0.717, 1.165) is 11.3 Å². The molecule has 0 unspecified atom stereocenters. The molecule has 0 spiro atoms. The summed E-state index contributed by atoms with van der Waals surface area (Å²) >= 11 is 0. The number of aromatic nitrogens is 2. The predicted octanol–water partition coefficient (Wildman–Crippen LogP) is 2.07. The maximum absolute atomic E-state index is 11.3. The largest absolute Gasteiger partial charge is 0.477 e. The van der Waals surface area contributed by atoms with Crippen molar-refractivity contribution in [3.63, 3.8) is 0 Å². The summed E-state index contributed by atoms with van der Waals surface area (Å²) in [7, 11) is 3.88. The van der Waals surface area contributed by atoms with Crippen molar-refractivity contribution in [3.8, 4) is 0 Å². The Bertz CT molecular complexity index is 642. The van der Waals surface area contributed by atoms with Crippen LogP contribution in [0.3, 0.4) is 0 Å². The second-order valence-corrected chi connectivity index (χ2v) is 4.48. The number of anilines is 1. The lowest BCUT2D eigenvalue weighted by Gasteiger charge is -2.11. The topological polar surface area (TPSA) is 79.5 Å². The minimum atomic E-state index is -1.11. The van der Waals surface area contributed by atoms with Crippen molar-refractivity contribution in [2.75, 3.05) is 19.0 Å². The molecule has 1 heterocycles. The molecule has 2 aromatic rings. The zero-order chi connectivity index (χ0) is 14.7. The van der Waals surface area contributed by atoms with Crippen LogP contribution in [0, 0.1) is 6.92 Å². The van der Waals surface area contributed by atoms with Gasteiger partial charge in [0.2, 0.25) is 5.89 Å². The fraction of sp³-hybridized carbons (Fsp3) is 0.214. The number of hydrogen-bond acceptors (Lipinski definition) is 5. The van der Waals surface area contributed by atoms with Gasteiger partial charge in [0.25, 0.3) is 5.89 Å². The van der Waals surface area contributed by atoms with Crippen molar-refractivity contribution in [2.24, 2.45) is 0 Å². The summed E-state index contributed by atoms with van der Waals surface area (Å²) in [5.41, 5.74) is 1.76. The van der Waals surface area contributed by atoms with Gasteiger partial charge in [-0.25, -0.2) is 4.79 Å². The number of aliphatic carboxylic acids is 1. The van der Waals surface area contributed by atoms with Crippen LogP contribution in [0.5, 0.6) is 0 Å². The van der Waals surface area contributed by atoms with Crippen LogP contribution >= 0.6 is 0 Å². The van der Waals surface area contributed by atoms with Crippen molar-refractivity contribution in [1.82, 2.24) is 10.2 Å². The molecule has 0 bridgehead atoms. The van der Waals surface area contributed by atoms with E-state index in [0.29, 0.717) is 5.89 Å². The summed E-state index contributed by atoms with van der Waals surface area (Å²) in [4.78, 5) is 13.2. The first-order chi connectivity index (χ1) is 9.47. The van der Waals surface area contributed by atoms with Crippen LogP contribution in [0.1, 0.15) is 17.3 Å². The Morgan fingerprint density at radius 3 is 2.35 bits per heavy atom. The molecule has 0 aliphatic carbocycles. The fourth-order valence-electron chi connectivity index (χ4n) is 1.66. The molecule has 6 heteroatoms. The number of carboxylic acid groups (broad SMARTS) is 1. The number of rotatable bonds is 4. The van der Waals surface area contributed by atoms with E-state index in [9.17, 15) is 9.90 Å². The van der Waals surface area contributed by atoms with E-state index in [2.05, 4.69) is 10.2 Å². The van der Waals surface area contributed by atoms with Gasteiger partial charge in [-0.2, -0.15) is 0 Å². The van der Waals surface area contributed by atoms with Gasteiger partial charge >= 0.3 is 5.97 Å². The van der Waals surface area contributed by atoms with Gasteiger partial charge in [-0.1, -0.05) is 12.1 Å². The number of hydrogen-bond donors (Lipinski definition) is 1. The zero-order valence-electron chi connectivity index (χ0n) is 11.5. The molecule has 0 aliphatic heterocycles. The van der Waals surface area contributed by atoms with Crippen LogP contribution in [-0.4, -0.2) is 35.4 Å². The van der Waals surface area contributed by atoms with E-state index < -0.39 is 5.97 Å². The third-order valence-electron chi connectivity index (χ3n) is 2.71. The Labute approximate surface area is 116 Å². The molecule has 1 aromatic heterocycles. The molecule has 0 saturated heterocycles. The third kappa shape index (κ3) is 3.03. The minimum absolute atomic E-state index is 0.00619.